The first-order valence-corrected chi connectivity index (χ1v) is 17.9. The van der Waals surface area contributed by atoms with Gasteiger partial charge in [-0.1, -0.05) is 188 Å². The van der Waals surface area contributed by atoms with Crippen LogP contribution in [0.5, 0.6) is 0 Å². The summed E-state index contributed by atoms with van der Waals surface area (Å²) in [6.45, 7) is 0. The van der Waals surface area contributed by atoms with Gasteiger partial charge in [0, 0.05) is 16.9 Å². The largest absolute Gasteiger partial charge is 0.310 e. The quantitative estimate of drug-likeness (QED) is 0.154. The van der Waals surface area contributed by atoms with Gasteiger partial charge >= 0.3 is 0 Å². The number of para-hydroxylation sites is 1. The van der Waals surface area contributed by atoms with Crippen LogP contribution in [-0.2, 0) is 0 Å². The van der Waals surface area contributed by atoms with Crippen molar-refractivity contribution >= 4 is 27.8 Å². The molecule has 53 heavy (non-hydrogen) atoms. The molecule has 250 valence electrons. The second kappa shape index (κ2) is 14.3. The molecule has 1 heteroatoms. The van der Waals surface area contributed by atoms with Crippen molar-refractivity contribution in [1.29, 1.82) is 0 Å². The number of anilines is 3. The average Bonchev–Trinajstić information content (AvgIpc) is 3.28. The van der Waals surface area contributed by atoms with Crippen LogP contribution in [0.3, 0.4) is 0 Å². The summed E-state index contributed by atoms with van der Waals surface area (Å²) in [6, 6.07) is 66.7. The lowest BCUT2D eigenvalue weighted by molar-refractivity contribution is 1.28. The van der Waals surface area contributed by atoms with Gasteiger partial charge in [-0.05, 0) is 97.2 Å². The van der Waals surface area contributed by atoms with Crippen molar-refractivity contribution < 1.29 is 5.48 Å². The summed E-state index contributed by atoms with van der Waals surface area (Å²) in [4.78, 5) is 1.89. The maximum absolute atomic E-state index is 9.60. The van der Waals surface area contributed by atoms with Crippen LogP contribution in [0.4, 0.5) is 17.1 Å². The van der Waals surface area contributed by atoms with Gasteiger partial charge in [-0.3, -0.25) is 0 Å². The van der Waals surface area contributed by atoms with E-state index in [1.165, 1.54) is 0 Å². The summed E-state index contributed by atoms with van der Waals surface area (Å²) < 4.78 is 38.1. The molecule has 9 aromatic carbocycles. The van der Waals surface area contributed by atoms with Gasteiger partial charge in [-0.25, -0.2) is 0 Å². The molecule has 0 aliphatic heterocycles. The lowest BCUT2D eigenvalue weighted by atomic mass is 9.89. The Morgan fingerprint density at radius 2 is 0.868 bits per heavy atom. The van der Waals surface area contributed by atoms with Gasteiger partial charge in [-0.2, -0.15) is 0 Å². The molecule has 0 unspecified atom stereocenters. The van der Waals surface area contributed by atoms with Gasteiger partial charge < -0.3 is 4.90 Å². The molecular weight excluding hydrogens is 639 g/mol. The Bertz CT molecular complexity index is 2840. The van der Waals surface area contributed by atoms with Crippen LogP contribution in [0, 0.1) is 0 Å². The van der Waals surface area contributed by atoms with Crippen LogP contribution < -0.4 is 4.90 Å². The van der Waals surface area contributed by atoms with E-state index in [0.717, 1.165) is 61.0 Å². The molecule has 0 heterocycles. The summed E-state index contributed by atoms with van der Waals surface area (Å²) in [6.07, 6.45) is 0. The summed E-state index contributed by atoms with van der Waals surface area (Å²) >= 11 is 0. The molecule has 0 saturated heterocycles. The average molecular weight is 680 g/mol. The Morgan fingerprint density at radius 1 is 0.321 bits per heavy atom. The molecule has 9 rings (SSSR count). The molecule has 0 aliphatic carbocycles. The van der Waals surface area contributed by atoms with Crippen molar-refractivity contribution in [3.05, 3.63) is 224 Å². The van der Waals surface area contributed by atoms with Gasteiger partial charge in [0.05, 0.1) is 11.2 Å². The Labute approximate surface area is 317 Å². The van der Waals surface area contributed by atoms with Crippen molar-refractivity contribution in [2.75, 3.05) is 4.90 Å². The second-order valence-electron chi connectivity index (χ2n) is 13.0. The molecule has 0 spiro atoms. The predicted molar refractivity (Wildman–Crippen MR) is 226 cm³/mol. The number of hydrogen-bond donors (Lipinski definition) is 0. The van der Waals surface area contributed by atoms with Crippen LogP contribution in [0.2, 0.25) is 0 Å². The third kappa shape index (κ3) is 6.42. The lowest BCUT2D eigenvalue weighted by Crippen LogP contribution is -2.11. The smallest absolute Gasteiger partial charge is 0.0645 e. The van der Waals surface area contributed by atoms with Crippen LogP contribution in [0.15, 0.2) is 224 Å². The van der Waals surface area contributed by atoms with Gasteiger partial charge in [0.15, 0.2) is 0 Å². The first kappa shape index (κ1) is 27.7. The Hall–Kier alpha value is -6.96. The molecular formula is C52H37N. The molecule has 0 radical (unpaired) electrons. The number of hydrogen-bond acceptors (Lipinski definition) is 1. The highest BCUT2D eigenvalue weighted by Gasteiger charge is 2.19. The van der Waals surface area contributed by atoms with E-state index < -0.39 is 0 Å². The second-order valence-corrected chi connectivity index (χ2v) is 13.0. The molecule has 0 aromatic heterocycles. The van der Waals surface area contributed by atoms with Crippen LogP contribution >= 0.6 is 0 Å². The SMILES string of the molecule is [2H]c1c([2H])c(N(c2ccc(-c3c(-c4ccccc4)ccc4ccccc34)cc2)c2ccccc2-c2ccccc2)c([2H])c([2H])c1-c1cccc(-c2ccccc2)c1. The Balaban J connectivity index is 1.24. The van der Waals surface area contributed by atoms with Gasteiger partial charge in [-0.15, -0.1) is 0 Å². The molecule has 0 saturated carbocycles. The van der Waals surface area contributed by atoms with Crippen molar-refractivity contribution in [3.63, 3.8) is 0 Å². The number of benzene rings is 9. The van der Waals surface area contributed by atoms with Crippen LogP contribution in [0.1, 0.15) is 5.48 Å². The topological polar surface area (TPSA) is 3.24 Å². The van der Waals surface area contributed by atoms with E-state index in [1.807, 2.05) is 132 Å². The number of nitrogens with zero attached hydrogens (tertiary/aromatic N) is 1. The highest BCUT2D eigenvalue weighted by Crippen LogP contribution is 2.43. The van der Waals surface area contributed by atoms with Gasteiger partial charge in [0.25, 0.3) is 0 Å². The third-order valence-electron chi connectivity index (χ3n) is 9.75. The minimum Gasteiger partial charge on any atom is -0.310 e. The molecule has 0 fully saturated rings. The summed E-state index contributed by atoms with van der Waals surface area (Å²) in [5.74, 6) is 0. The van der Waals surface area contributed by atoms with Gasteiger partial charge in [0.1, 0.15) is 0 Å². The molecule has 0 bridgehead atoms. The van der Waals surface area contributed by atoms with Crippen molar-refractivity contribution in [2.45, 2.75) is 0 Å². The molecule has 0 aliphatic rings. The monoisotopic (exact) mass is 679 g/mol. The fourth-order valence-corrected chi connectivity index (χ4v) is 7.18. The van der Waals surface area contributed by atoms with Crippen molar-refractivity contribution in [3.8, 4) is 55.6 Å². The minimum atomic E-state index is -0.122. The first-order valence-electron chi connectivity index (χ1n) is 19.9. The molecule has 0 amide bonds. The standard InChI is InChI=1S/C52H37N/c1-4-15-38(16-5-1)44-22-14-23-45(37-44)39-27-32-46(33-28-39)53(51-26-13-12-24-48(51)40-17-6-2-7-18-40)47-34-29-43(30-35-47)52-49-25-11-10-21-42(49)31-36-50(52)41-19-8-3-9-20-41/h1-37H/i27D,28D,32D,33D. The summed E-state index contributed by atoms with van der Waals surface area (Å²) in [7, 11) is 0. The zero-order chi connectivity index (χ0) is 38.9. The zero-order valence-corrected chi connectivity index (χ0v) is 29.0. The Morgan fingerprint density at radius 3 is 1.57 bits per heavy atom. The van der Waals surface area contributed by atoms with E-state index >= 15 is 0 Å². The summed E-state index contributed by atoms with van der Waals surface area (Å²) in [5, 5.41) is 2.29. The maximum Gasteiger partial charge on any atom is 0.0645 e. The van der Waals surface area contributed by atoms with Crippen molar-refractivity contribution in [2.24, 2.45) is 0 Å². The van der Waals surface area contributed by atoms with E-state index in [0.29, 0.717) is 11.3 Å². The van der Waals surface area contributed by atoms with Crippen LogP contribution in [-0.4, -0.2) is 0 Å². The highest BCUT2D eigenvalue weighted by molar-refractivity contribution is 6.04. The molecule has 0 N–H and O–H groups in total. The van der Waals surface area contributed by atoms with E-state index in [1.54, 1.807) is 0 Å². The Kier molecular flexibility index (Phi) is 7.50. The summed E-state index contributed by atoms with van der Waals surface area (Å²) in [5.41, 5.74) is 10.8. The number of fused-ring (bicyclic) bond motifs is 1. The fourth-order valence-electron chi connectivity index (χ4n) is 7.18. The lowest BCUT2D eigenvalue weighted by Gasteiger charge is -2.28. The van der Waals surface area contributed by atoms with E-state index in [2.05, 4.69) is 72.8 Å². The number of rotatable bonds is 8. The van der Waals surface area contributed by atoms with E-state index in [-0.39, 0.29) is 35.4 Å². The normalized spacial score (nSPS) is 12.1. The third-order valence-corrected chi connectivity index (χ3v) is 9.75. The van der Waals surface area contributed by atoms with E-state index in [9.17, 15) is 5.48 Å². The zero-order valence-electron chi connectivity index (χ0n) is 33.0. The molecule has 0 atom stereocenters. The van der Waals surface area contributed by atoms with Crippen molar-refractivity contribution in [1.82, 2.24) is 0 Å². The maximum atomic E-state index is 9.60. The predicted octanol–water partition coefficient (Wildman–Crippen LogP) is 14.6. The van der Waals surface area contributed by atoms with E-state index in [4.69, 9.17) is 0 Å². The highest BCUT2D eigenvalue weighted by atomic mass is 15.1. The van der Waals surface area contributed by atoms with Gasteiger partial charge in [0.2, 0.25) is 0 Å². The first-order chi connectivity index (χ1) is 28.0. The molecule has 1 nitrogen and oxygen atoms in total. The molecule has 9 aromatic rings. The fraction of sp³-hybridized carbons (Fsp3) is 0. The minimum absolute atomic E-state index is 0.0988. The van der Waals surface area contributed by atoms with Crippen LogP contribution in [0.25, 0.3) is 66.4 Å².